The van der Waals surface area contributed by atoms with E-state index in [-0.39, 0.29) is 25.3 Å². The van der Waals surface area contributed by atoms with E-state index in [2.05, 4.69) is 10.2 Å². The van der Waals surface area contributed by atoms with Crippen LogP contribution in [0.25, 0.3) is 0 Å². The minimum atomic E-state index is -0.561. The van der Waals surface area contributed by atoms with E-state index >= 15 is 0 Å². The van der Waals surface area contributed by atoms with Gasteiger partial charge in [-0.15, -0.1) is 0 Å². The summed E-state index contributed by atoms with van der Waals surface area (Å²) in [7, 11) is 0. The molecule has 1 aliphatic heterocycles. The quantitative estimate of drug-likeness (QED) is 0.674. The van der Waals surface area contributed by atoms with Crippen LogP contribution in [0.1, 0.15) is 32.8 Å². The number of benzene rings is 1. The lowest BCUT2D eigenvalue weighted by molar-refractivity contribution is -0.0116. The van der Waals surface area contributed by atoms with Crippen LogP contribution in [-0.2, 0) is 16.1 Å². The maximum absolute atomic E-state index is 12.3. The van der Waals surface area contributed by atoms with E-state index in [0.29, 0.717) is 26.2 Å². The summed E-state index contributed by atoms with van der Waals surface area (Å²) >= 11 is 0. The van der Waals surface area contributed by atoms with Gasteiger partial charge in [0, 0.05) is 26.2 Å². The Kier molecular flexibility index (Phi) is 8.72. The van der Waals surface area contributed by atoms with E-state index in [1.165, 1.54) is 0 Å². The molecule has 8 nitrogen and oxygen atoms in total. The molecule has 0 bridgehead atoms. The van der Waals surface area contributed by atoms with Crippen LogP contribution in [0.2, 0.25) is 0 Å². The Bertz CT molecular complexity index is 647. The van der Waals surface area contributed by atoms with Crippen LogP contribution < -0.4 is 5.32 Å². The van der Waals surface area contributed by atoms with Crippen LogP contribution in [0.5, 0.6) is 0 Å². The highest BCUT2D eigenvalue weighted by Gasteiger charge is 2.32. The third-order valence-corrected chi connectivity index (χ3v) is 4.54. The van der Waals surface area contributed by atoms with Crippen molar-refractivity contribution in [2.24, 2.45) is 0 Å². The van der Waals surface area contributed by atoms with Gasteiger partial charge in [-0.3, -0.25) is 4.90 Å². The third kappa shape index (κ3) is 8.29. The van der Waals surface area contributed by atoms with Crippen molar-refractivity contribution in [3.8, 4) is 0 Å². The van der Waals surface area contributed by atoms with Crippen LogP contribution in [0.3, 0.4) is 0 Å². The molecule has 1 heterocycles. The molecule has 1 aliphatic rings. The normalized spacial score (nSPS) is 17.7. The van der Waals surface area contributed by atoms with Gasteiger partial charge in [-0.05, 0) is 39.3 Å². The van der Waals surface area contributed by atoms with Gasteiger partial charge in [-0.2, -0.15) is 0 Å². The molecule has 2 rings (SSSR count). The zero-order chi connectivity index (χ0) is 21.3. The summed E-state index contributed by atoms with van der Waals surface area (Å²) in [5.41, 5.74) is 0.384. The van der Waals surface area contributed by atoms with E-state index in [1.54, 1.807) is 4.90 Å². The fourth-order valence-electron chi connectivity index (χ4n) is 3.11. The number of aliphatic hydroxyl groups is 1. The van der Waals surface area contributed by atoms with Crippen molar-refractivity contribution in [3.63, 3.8) is 0 Å². The van der Waals surface area contributed by atoms with Crippen LogP contribution >= 0.6 is 0 Å². The Balaban J connectivity index is 1.65. The summed E-state index contributed by atoms with van der Waals surface area (Å²) in [6.45, 7) is 8.67. The number of rotatable bonds is 7. The van der Waals surface area contributed by atoms with Gasteiger partial charge >= 0.3 is 12.2 Å². The van der Waals surface area contributed by atoms with Gasteiger partial charge < -0.3 is 24.8 Å². The smallest absolute Gasteiger partial charge is 0.410 e. The first-order chi connectivity index (χ1) is 13.8. The number of carbonyl (C=O) groups is 2. The van der Waals surface area contributed by atoms with Crippen LogP contribution in [0.4, 0.5) is 9.59 Å². The second-order valence-electron chi connectivity index (χ2n) is 8.15. The summed E-state index contributed by atoms with van der Waals surface area (Å²) in [5, 5.41) is 12.4. The Hall–Kier alpha value is -2.32. The van der Waals surface area contributed by atoms with Crippen molar-refractivity contribution in [3.05, 3.63) is 35.9 Å². The summed E-state index contributed by atoms with van der Waals surface area (Å²) < 4.78 is 10.6. The van der Waals surface area contributed by atoms with Gasteiger partial charge in [0.15, 0.2) is 0 Å². The lowest BCUT2D eigenvalue weighted by Gasteiger charge is -2.41. The van der Waals surface area contributed by atoms with E-state index in [4.69, 9.17) is 9.47 Å². The van der Waals surface area contributed by atoms with Crippen molar-refractivity contribution in [1.29, 1.82) is 0 Å². The minimum Gasteiger partial charge on any atom is -0.445 e. The number of hydrogen-bond donors (Lipinski definition) is 2. The number of alkyl carbamates (subject to hydrolysis) is 1. The molecule has 0 radical (unpaired) electrons. The molecule has 0 aromatic heterocycles. The SMILES string of the molecule is CC(C)(C)OC(=O)N1CCN(CCCNC(=O)OCc2ccccc2)CC1CO. The van der Waals surface area contributed by atoms with Gasteiger partial charge in [0.1, 0.15) is 12.2 Å². The van der Waals surface area contributed by atoms with Crippen LogP contribution in [-0.4, -0.2) is 78.1 Å². The third-order valence-electron chi connectivity index (χ3n) is 4.54. The zero-order valence-electron chi connectivity index (χ0n) is 17.6. The minimum absolute atomic E-state index is 0.111. The van der Waals surface area contributed by atoms with E-state index in [0.717, 1.165) is 18.5 Å². The van der Waals surface area contributed by atoms with E-state index in [9.17, 15) is 14.7 Å². The highest BCUT2D eigenvalue weighted by atomic mass is 16.6. The van der Waals surface area contributed by atoms with Crippen LogP contribution in [0, 0.1) is 0 Å². The molecule has 2 amide bonds. The van der Waals surface area contributed by atoms with Gasteiger partial charge in [0.2, 0.25) is 0 Å². The Morgan fingerprint density at radius 1 is 1.21 bits per heavy atom. The van der Waals surface area contributed by atoms with Crippen molar-refractivity contribution < 1.29 is 24.2 Å². The van der Waals surface area contributed by atoms with Crippen molar-refractivity contribution in [1.82, 2.24) is 15.1 Å². The first kappa shape index (κ1) is 23.0. The molecule has 1 aromatic rings. The molecule has 162 valence electrons. The van der Waals surface area contributed by atoms with Crippen LogP contribution in [0.15, 0.2) is 30.3 Å². The number of hydrogen-bond acceptors (Lipinski definition) is 6. The van der Waals surface area contributed by atoms with Gasteiger partial charge in [0.05, 0.1) is 12.6 Å². The van der Waals surface area contributed by atoms with Crippen molar-refractivity contribution in [2.75, 3.05) is 39.3 Å². The van der Waals surface area contributed by atoms with Crippen molar-refractivity contribution >= 4 is 12.2 Å². The predicted molar refractivity (Wildman–Crippen MR) is 110 cm³/mol. The average molecular weight is 408 g/mol. The topological polar surface area (TPSA) is 91.3 Å². The maximum atomic E-state index is 12.3. The monoisotopic (exact) mass is 407 g/mol. The molecule has 1 saturated heterocycles. The first-order valence-corrected chi connectivity index (χ1v) is 10.1. The Morgan fingerprint density at radius 2 is 1.93 bits per heavy atom. The Morgan fingerprint density at radius 3 is 2.59 bits per heavy atom. The fraction of sp³-hybridized carbons (Fsp3) is 0.619. The summed E-state index contributed by atoms with van der Waals surface area (Å²) in [5.74, 6) is 0. The highest BCUT2D eigenvalue weighted by Crippen LogP contribution is 2.16. The molecule has 2 N–H and O–H groups in total. The number of piperazine rings is 1. The Labute approximate surface area is 172 Å². The molecular weight excluding hydrogens is 374 g/mol. The maximum Gasteiger partial charge on any atom is 0.410 e. The number of ether oxygens (including phenoxy) is 2. The first-order valence-electron chi connectivity index (χ1n) is 10.1. The van der Waals surface area contributed by atoms with Gasteiger partial charge in [-0.1, -0.05) is 30.3 Å². The summed E-state index contributed by atoms with van der Waals surface area (Å²) in [4.78, 5) is 27.8. The number of aliphatic hydroxyl groups excluding tert-OH is 1. The molecule has 1 aromatic carbocycles. The van der Waals surface area contributed by atoms with E-state index in [1.807, 2.05) is 51.1 Å². The van der Waals surface area contributed by atoms with E-state index < -0.39 is 11.7 Å². The lowest BCUT2D eigenvalue weighted by Crippen LogP contribution is -2.57. The van der Waals surface area contributed by atoms with Gasteiger partial charge in [0.25, 0.3) is 0 Å². The number of amides is 2. The highest BCUT2D eigenvalue weighted by molar-refractivity contribution is 5.68. The number of carbonyl (C=O) groups excluding carboxylic acids is 2. The molecular formula is C21H33N3O5. The molecule has 8 heteroatoms. The van der Waals surface area contributed by atoms with Crippen molar-refractivity contribution in [2.45, 2.75) is 45.4 Å². The zero-order valence-corrected chi connectivity index (χ0v) is 17.6. The average Bonchev–Trinajstić information content (AvgIpc) is 2.69. The molecule has 1 unspecified atom stereocenters. The number of nitrogens with one attached hydrogen (secondary N) is 1. The second-order valence-corrected chi connectivity index (χ2v) is 8.15. The standard InChI is InChI=1S/C21H33N3O5/c1-21(2,3)29-20(27)24-13-12-23(14-18(24)15-25)11-7-10-22-19(26)28-16-17-8-5-4-6-9-17/h4-6,8-9,18,25H,7,10-16H2,1-3H3,(H,22,26). The van der Waals surface area contributed by atoms with Gasteiger partial charge in [-0.25, -0.2) is 9.59 Å². The molecule has 0 spiro atoms. The predicted octanol–water partition coefficient (Wildman–Crippen LogP) is 2.22. The molecule has 0 aliphatic carbocycles. The number of nitrogens with zero attached hydrogens (tertiary/aromatic N) is 2. The molecule has 1 fully saturated rings. The second kappa shape index (κ2) is 11.0. The summed E-state index contributed by atoms with van der Waals surface area (Å²) in [6.07, 6.45) is -0.0683. The lowest BCUT2D eigenvalue weighted by atomic mass is 10.1. The molecule has 29 heavy (non-hydrogen) atoms. The fourth-order valence-corrected chi connectivity index (χ4v) is 3.11. The summed E-state index contributed by atoms with van der Waals surface area (Å²) in [6, 6.07) is 9.24. The largest absolute Gasteiger partial charge is 0.445 e. The molecule has 1 atom stereocenters. The molecule has 0 saturated carbocycles.